The second-order valence-corrected chi connectivity index (χ2v) is 4.93. The second kappa shape index (κ2) is 4.66. The molecule has 0 unspecified atom stereocenters. The molecule has 2 aromatic rings. The quantitative estimate of drug-likeness (QED) is 0.885. The summed E-state index contributed by atoms with van der Waals surface area (Å²) in [5, 5.41) is 10.5. The first-order chi connectivity index (χ1) is 9.20. The molecule has 0 saturated heterocycles. The molecule has 0 fully saturated rings. The van der Waals surface area contributed by atoms with Gasteiger partial charge >= 0.3 is 0 Å². The number of amides is 1. The Balaban J connectivity index is 2.15. The first-order valence-corrected chi connectivity index (χ1v) is 6.55. The Bertz CT molecular complexity index is 637. The van der Waals surface area contributed by atoms with Gasteiger partial charge in [0, 0.05) is 36.0 Å². The van der Waals surface area contributed by atoms with Crippen LogP contribution in [-0.2, 0) is 11.2 Å². The number of anilines is 1. The van der Waals surface area contributed by atoms with Crippen LogP contribution in [0.1, 0.15) is 36.1 Å². The number of nitrogens with one attached hydrogen (secondary N) is 2. The van der Waals surface area contributed by atoms with Crippen LogP contribution in [0.15, 0.2) is 18.5 Å². The Morgan fingerprint density at radius 2 is 2.37 bits per heavy atom. The molecule has 3 heterocycles. The van der Waals surface area contributed by atoms with E-state index in [0.717, 1.165) is 23.2 Å². The van der Waals surface area contributed by atoms with Gasteiger partial charge in [-0.15, -0.1) is 0 Å². The summed E-state index contributed by atoms with van der Waals surface area (Å²) >= 11 is 6.21. The average molecular weight is 277 g/mol. The zero-order valence-electron chi connectivity index (χ0n) is 10.4. The summed E-state index contributed by atoms with van der Waals surface area (Å²) in [4.78, 5) is 15.8. The molecule has 0 radical (unpaired) electrons. The van der Waals surface area contributed by atoms with Crippen molar-refractivity contribution in [3.63, 3.8) is 0 Å². The highest BCUT2D eigenvalue weighted by Gasteiger charge is 2.32. The van der Waals surface area contributed by atoms with Gasteiger partial charge in [-0.3, -0.25) is 14.9 Å². The van der Waals surface area contributed by atoms with E-state index in [1.54, 1.807) is 12.4 Å². The van der Waals surface area contributed by atoms with Crippen molar-refractivity contribution < 1.29 is 4.79 Å². The van der Waals surface area contributed by atoms with Gasteiger partial charge in [-0.2, -0.15) is 5.10 Å². The van der Waals surface area contributed by atoms with E-state index in [1.165, 1.54) is 0 Å². The summed E-state index contributed by atoms with van der Waals surface area (Å²) < 4.78 is 0. The highest BCUT2D eigenvalue weighted by atomic mass is 35.5. The average Bonchev–Trinajstić information content (AvgIpc) is 2.81. The Labute approximate surface area is 115 Å². The highest BCUT2D eigenvalue weighted by molar-refractivity contribution is 6.31. The SMILES string of the molecule is CCc1[nH]nc2c1[C@H](c1ccncc1Cl)CC(=O)N2. The molecule has 98 valence electrons. The molecule has 0 spiro atoms. The van der Waals surface area contributed by atoms with Crippen LogP contribution in [0.25, 0.3) is 0 Å². The molecule has 0 aromatic carbocycles. The van der Waals surface area contributed by atoms with Crippen LogP contribution in [-0.4, -0.2) is 21.1 Å². The molecule has 1 atom stereocenters. The van der Waals surface area contributed by atoms with Crippen LogP contribution in [0.3, 0.4) is 0 Å². The van der Waals surface area contributed by atoms with E-state index in [9.17, 15) is 4.79 Å². The maximum Gasteiger partial charge on any atom is 0.226 e. The summed E-state index contributed by atoms with van der Waals surface area (Å²) in [6.07, 6.45) is 4.51. The maximum atomic E-state index is 11.8. The van der Waals surface area contributed by atoms with E-state index in [2.05, 4.69) is 27.4 Å². The van der Waals surface area contributed by atoms with Gasteiger partial charge in [-0.25, -0.2) is 0 Å². The number of carbonyl (C=O) groups excluding carboxylic acids is 1. The minimum atomic E-state index is -0.0621. The number of hydrogen-bond acceptors (Lipinski definition) is 3. The Morgan fingerprint density at radius 3 is 3.11 bits per heavy atom. The number of aryl methyl sites for hydroxylation is 1. The number of aromatic nitrogens is 3. The lowest BCUT2D eigenvalue weighted by atomic mass is 9.85. The third kappa shape index (κ3) is 2.00. The minimum absolute atomic E-state index is 0.0421. The number of pyridine rings is 1. The van der Waals surface area contributed by atoms with E-state index in [-0.39, 0.29) is 11.8 Å². The zero-order chi connectivity index (χ0) is 13.4. The van der Waals surface area contributed by atoms with Crippen molar-refractivity contribution in [2.24, 2.45) is 0 Å². The van der Waals surface area contributed by atoms with Crippen LogP contribution >= 0.6 is 11.6 Å². The van der Waals surface area contributed by atoms with E-state index < -0.39 is 0 Å². The van der Waals surface area contributed by atoms with Gasteiger partial charge in [0.25, 0.3) is 0 Å². The fraction of sp³-hybridized carbons (Fsp3) is 0.308. The van der Waals surface area contributed by atoms with Gasteiger partial charge < -0.3 is 5.32 Å². The smallest absolute Gasteiger partial charge is 0.226 e. The molecule has 19 heavy (non-hydrogen) atoms. The first kappa shape index (κ1) is 12.2. The van der Waals surface area contributed by atoms with Crippen LogP contribution in [0.5, 0.6) is 0 Å². The fourth-order valence-corrected chi connectivity index (χ4v) is 2.78. The number of carbonyl (C=O) groups is 1. The van der Waals surface area contributed by atoms with Gasteiger partial charge in [0.1, 0.15) is 0 Å². The van der Waals surface area contributed by atoms with E-state index in [0.29, 0.717) is 17.3 Å². The minimum Gasteiger partial charge on any atom is -0.309 e. The van der Waals surface area contributed by atoms with Crippen LogP contribution < -0.4 is 5.32 Å². The largest absolute Gasteiger partial charge is 0.309 e. The van der Waals surface area contributed by atoms with E-state index in [1.807, 2.05) is 6.07 Å². The third-order valence-electron chi connectivity index (χ3n) is 3.41. The Kier molecular flexibility index (Phi) is 2.98. The fourth-order valence-electron chi connectivity index (χ4n) is 2.53. The molecule has 6 heteroatoms. The topological polar surface area (TPSA) is 70.7 Å². The standard InChI is InChI=1S/C13H13ClN4O/c1-2-10-12-8(7-3-4-15-6-9(7)14)5-11(19)16-13(12)18-17-10/h3-4,6,8H,2,5H2,1H3,(H2,16,17,18,19)/t8-/m0/s1. The monoisotopic (exact) mass is 276 g/mol. The molecule has 5 nitrogen and oxygen atoms in total. The number of aromatic amines is 1. The van der Waals surface area contributed by atoms with Crippen molar-refractivity contribution in [1.82, 2.24) is 15.2 Å². The zero-order valence-corrected chi connectivity index (χ0v) is 11.2. The molecule has 2 N–H and O–H groups in total. The van der Waals surface area contributed by atoms with Gasteiger partial charge in [-0.1, -0.05) is 18.5 Å². The Morgan fingerprint density at radius 1 is 1.53 bits per heavy atom. The molecule has 0 bridgehead atoms. The normalized spacial score (nSPS) is 18.0. The van der Waals surface area contributed by atoms with Crippen LogP contribution in [0, 0.1) is 0 Å². The lowest BCUT2D eigenvalue weighted by Crippen LogP contribution is -2.23. The van der Waals surface area contributed by atoms with Crippen molar-refractivity contribution in [3.05, 3.63) is 40.3 Å². The van der Waals surface area contributed by atoms with Gasteiger partial charge in [-0.05, 0) is 18.1 Å². The van der Waals surface area contributed by atoms with Crippen molar-refractivity contribution >= 4 is 23.3 Å². The number of fused-ring (bicyclic) bond motifs is 1. The predicted octanol–water partition coefficient (Wildman–Crippen LogP) is 2.49. The Hall–Kier alpha value is -1.88. The third-order valence-corrected chi connectivity index (χ3v) is 3.73. The first-order valence-electron chi connectivity index (χ1n) is 6.17. The maximum absolute atomic E-state index is 11.8. The number of H-pyrrole nitrogens is 1. The molecular formula is C13H13ClN4O. The molecular weight excluding hydrogens is 264 g/mol. The lowest BCUT2D eigenvalue weighted by Gasteiger charge is -2.23. The molecule has 1 aliphatic heterocycles. The number of hydrogen-bond donors (Lipinski definition) is 2. The molecule has 0 aliphatic carbocycles. The molecule has 0 saturated carbocycles. The molecule has 2 aromatic heterocycles. The molecule has 1 amide bonds. The summed E-state index contributed by atoms with van der Waals surface area (Å²) in [5.41, 5.74) is 2.99. The van der Waals surface area contributed by atoms with Crippen molar-refractivity contribution in [2.75, 3.05) is 5.32 Å². The molecule has 3 rings (SSSR count). The predicted molar refractivity (Wildman–Crippen MR) is 72.3 cm³/mol. The van der Waals surface area contributed by atoms with Gasteiger partial charge in [0.2, 0.25) is 5.91 Å². The number of rotatable bonds is 2. The van der Waals surface area contributed by atoms with Crippen molar-refractivity contribution in [2.45, 2.75) is 25.7 Å². The van der Waals surface area contributed by atoms with E-state index >= 15 is 0 Å². The highest BCUT2D eigenvalue weighted by Crippen LogP contribution is 2.40. The van der Waals surface area contributed by atoms with Gasteiger partial charge in [0.15, 0.2) is 5.82 Å². The summed E-state index contributed by atoms with van der Waals surface area (Å²) in [6.45, 7) is 2.05. The summed E-state index contributed by atoms with van der Waals surface area (Å²) in [7, 11) is 0. The van der Waals surface area contributed by atoms with Crippen LogP contribution in [0.2, 0.25) is 5.02 Å². The van der Waals surface area contributed by atoms with Gasteiger partial charge in [0.05, 0.1) is 5.02 Å². The second-order valence-electron chi connectivity index (χ2n) is 4.52. The molecule has 1 aliphatic rings. The summed E-state index contributed by atoms with van der Waals surface area (Å²) in [6, 6.07) is 1.86. The van der Waals surface area contributed by atoms with Crippen molar-refractivity contribution in [1.29, 1.82) is 0 Å². The van der Waals surface area contributed by atoms with Crippen molar-refractivity contribution in [3.8, 4) is 0 Å². The van der Waals surface area contributed by atoms with Crippen LogP contribution in [0.4, 0.5) is 5.82 Å². The lowest BCUT2D eigenvalue weighted by molar-refractivity contribution is -0.116. The van der Waals surface area contributed by atoms with E-state index in [4.69, 9.17) is 11.6 Å². The summed E-state index contributed by atoms with van der Waals surface area (Å²) in [5.74, 6) is 0.512. The number of halogens is 1. The number of nitrogens with zero attached hydrogens (tertiary/aromatic N) is 2.